The first-order valence-corrected chi connectivity index (χ1v) is 45.8. The van der Waals surface area contributed by atoms with Gasteiger partial charge in [-0.05, 0) is 154 Å². The zero-order chi connectivity index (χ0) is 79.4. The fraction of sp³-hybridized carbons (Fsp3) is 0.681. The number of phosphoric acid groups is 2. The highest BCUT2D eigenvalue weighted by atomic mass is 31.2. The van der Waals surface area contributed by atoms with Gasteiger partial charge in [0.1, 0.15) is 25.4 Å². The van der Waals surface area contributed by atoms with Gasteiger partial charge in [-0.15, -0.1) is 0 Å². The SMILES string of the molecule is CC/C=C\C/C=C\C/C=C\C/C=C\C/C=C\C/C=C\CCCCCCCCCCCCCCC(=O)OCC(O)COP(=O)(O)OCC(O)COP(=O)(O)OCC(COC(=O)CCCCCCCCC/C=C\C/C=C\C/C=C\C/C=C\CCCCC)OC(=O)CCCCCCCC/C=C\C/C=C\C/C=C\CCCCC. The lowest BCUT2D eigenvalue weighted by Gasteiger charge is -2.21. The first-order chi connectivity index (χ1) is 53.2. The van der Waals surface area contributed by atoms with Gasteiger partial charge in [0.05, 0.1) is 26.4 Å². The van der Waals surface area contributed by atoms with E-state index in [2.05, 4.69) is 179 Å². The van der Waals surface area contributed by atoms with Gasteiger partial charge >= 0.3 is 33.6 Å². The predicted octanol–water partition coefficient (Wildman–Crippen LogP) is 25.8. The van der Waals surface area contributed by atoms with E-state index in [9.17, 15) is 43.5 Å². The maximum atomic E-state index is 13.0. The van der Waals surface area contributed by atoms with Gasteiger partial charge < -0.3 is 34.2 Å². The highest BCUT2D eigenvalue weighted by molar-refractivity contribution is 7.47. The minimum absolute atomic E-state index is 0.0838. The third kappa shape index (κ3) is 83.9. The number of hydrogen-bond donors (Lipinski definition) is 4. The van der Waals surface area contributed by atoms with E-state index in [1.165, 1.54) is 96.3 Å². The van der Waals surface area contributed by atoms with E-state index in [1.54, 1.807) is 0 Å². The standard InChI is InChI=1S/C91H154O16P2/c1-4-7-10-13-16-19-22-25-28-31-34-36-38-39-40-41-42-43-44-45-47-49-51-53-56-59-62-65-68-71-74-77-89(94)101-80-86(92)81-103-108(97,98)104-82-87(93)83-105-109(99,100)106-85-88(107-91(96)79-76-73-70-67-64-61-58-55-50-33-30-27-24-21-18-15-12-9-6-3)84-102-90(95)78-75-72-69-66-63-60-57-54-52-48-46-37-35-32-29-26-23-20-17-14-11-8-5-2/h7,10,16-21,25-30,34-37,39-40,42-43,48,50,52,55,86-88,92-93H,4-6,8-9,11-15,22-24,31-33,38,41,44-47,49,51,53-54,56-85H2,1-3H3,(H,97,98)(H,99,100)/b10-7-,19-16-,20-17-,21-18-,28-25-,29-26-,30-27-,36-34-,37-35-,40-39-,43-42-,52-48-,55-50-. The number of ether oxygens (including phenoxy) is 3. The minimum atomic E-state index is -4.95. The van der Waals surface area contributed by atoms with Crippen LogP contribution in [0.25, 0.3) is 0 Å². The molecule has 0 saturated carbocycles. The van der Waals surface area contributed by atoms with Crippen LogP contribution in [0.5, 0.6) is 0 Å². The largest absolute Gasteiger partial charge is 0.472 e. The molecule has 16 nitrogen and oxygen atoms in total. The predicted molar refractivity (Wildman–Crippen MR) is 454 cm³/mol. The van der Waals surface area contributed by atoms with Gasteiger partial charge in [0.25, 0.3) is 0 Å². The van der Waals surface area contributed by atoms with Gasteiger partial charge in [-0.2, -0.15) is 0 Å². The average molecular weight is 1570 g/mol. The molecule has 624 valence electrons. The summed E-state index contributed by atoms with van der Waals surface area (Å²) in [5, 5.41) is 20.7. The molecule has 0 aliphatic heterocycles. The highest BCUT2D eigenvalue weighted by Crippen LogP contribution is 2.45. The molecule has 0 aliphatic rings. The van der Waals surface area contributed by atoms with Gasteiger partial charge in [-0.3, -0.25) is 32.5 Å². The Hall–Kier alpha value is -4.83. The highest BCUT2D eigenvalue weighted by Gasteiger charge is 2.29. The van der Waals surface area contributed by atoms with E-state index < -0.39 is 91.5 Å². The summed E-state index contributed by atoms with van der Waals surface area (Å²) in [6, 6.07) is 0. The van der Waals surface area contributed by atoms with Crippen molar-refractivity contribution in [3.05, 3.63) is 158 Å². The van der Waals surface area contributed by atoms with Crippen molar-refractivity contribution >= 4 is 33.6 Å². The molecule has 0 amide bonds. The van der Waals surface area contributed by atoms with Gasteiger partial charge in [-0.1, -0.05) is 326 Å². The molecule has 0 spiro atoms. The van der Waals surface area contributed by atoms with Crippen LogP contribution in [0.1, 0.15) is 342 Å². The van der Waals surface area contributed by atoms with Crippen molar-refractivity contribution in [1.82, 2.24) is 0 Å². The topological polar surface area (TPSA) is 231 Å². The van der Waals surface area contributed by atoms with Crippen LogP contribution in [0.3, 0.4) is 0 Å². The number of esters is 3. The second kappa shape index (κ2) is 82.6. The van der Waals surface area contributed by atoms with E-state index >= 15 is 0 Å². The Morgan fingerprint density at radius 3 is 0.771 bits per heavy atom. The summed E-state index contributed by atoms with van der Waals surface area (Å²) in [6.07, 6.45) is 104. The molecule has 0 aromatic carbocycles. The Labute approximate surface area is 663 Å². The van der Waals surface area contributed by atoms with Crippen LogP contribution >= 0.6 is 15.6 Å². The van der Waals surface area contributed by atoms with Crippen LogP contribution in [0.15, 0.2) is 158 Å². The summed E-state index contributed by atoms with van der Waals surface area (Å²) in [6.45, 7) is 2.50. The summed E-state index contributed by atoms with van der Waals surface area (Å²) in [7, 11) is -9.81. The molecule has 0 saturated heterocycles. The Kier molecular flexibility index (Phi) is 79.0. The van der Waals surface area contributed by atoms with E-state index in [0.717, 1.165) is 186 Å². The summed E-state index contributed by atoms with van der Waals surface area (Å²) >= 11 is 0. The van der Waals surface area contributed by atoms with E-state index in [4.69, 9.17) is 32.3 Å². The normalized spacial score (nSPS) is 14.7. The quantitative estimate of drug-likeness (QED) is 0.0146. The van der Waals surface area contributed by atoms with E-state index in [0.29, 0.717) is 19.3 Å². The number of aliphatic hydroxyl groups excluding tert-OH is 2. The monoisotopic (exact) mass is 1570 g/mol. The Morgan fingerprint density at radius 1 is 0.266 bits per heavy atom. The molecule has 0 bridgehead atoms. The number of allylic oxidation sites excluding steroid dienone is 26. The van der Waals surface area contributed by atoms with Crippen molar-refractivity contribution in [3.63, 3.8) is 0 Å². The third-order valence-corrected chi connectivity index (χ3v) is 19.6. The molecular weight excluding hydrogens is 1410 g/mol. The van der Waals surface area contributed by atoms with Crippen molar-refractivity contribution in [2.45, 2.75) is 360 Å². The maximum Gasteiger partial charge on any atom is 0.472 e. The zero-order valence-corrected chi connectivity index (χ0v) is 70.2. The smallest absolute Gasteiger partial charge is 0.463 e. The molecule has 0 heterocycles. The first kappa shape index (κ1) is 104. The average Bonchev–Trinajstić information content (AvgIpc) is 0.902. The number of unbranched alkanes of at least 4 members (excludes halogenated alkanes) is 31. The van der Waals surface area contributed by atoms with Crippen molar-refractivity contribution in [2.75, 3.05) is 39.6 Å². The van der Waals surface area contributed by atoms with Crippen LogP contribution in [-0.4, -0.2) is 95.9 Å². The Morgan fingerprint density at radius 2 is 0.486 bits per heavy atom. The fourth-order valence-corrected chi connectivity index (χ4v) is 12.8. The summed E-state index contributed by atoms with van der Waals surface area (Å²) < 4.78 is 61.3. The lowest BCUT2D eigenvalue weighted by Crippen LogP contribution is -2.30. The number of phosphoric ester groups is 2. The zero-order valence-electron chi connectivity index (χ0n) is 68.4. The third-order valence-electron chi connectivity index (χ3n) is 17.7. The maximum absolute atomic E-state index is 13.0. The molecule has 0 aromatic heterocycles. The molecule has 4 N–H and O–H groups in total. The minimum Gasteiger partial charge on any atom is -0.463 e. The molecule has 0 aliphatic carbocycles. The van der Waals surface area contributed by atoms with E-state index in [1.807, 2.05) is 0 Å². The van der Waals surface area contributed by atoms with Gasteiger partial charge in [0.2, 0.25) is 0 Å². The van der Waals surface area contributed by atoms with Crippen LogP contribution in [0, 0.1) is 0 Å². The lowest BCUT2D eigenvalue weighted by atomic mass is 10.0. The molecule has 18 heteroatoms. The number of carbonyl (C=O) groups excluding carboxylic acids is 3. The number of rotatable bonds is 80. The number of hydrogen-bond acceptors (Lipinski definition) is 14. The van der Waals surface area contributed by atoms with Crippen LogP contribution in [0.2, 0.25) is 0 Å². The van der Waals surface area contributed by atoms with Crippen LogP contribution < -0.4 is 0 Å². The molecule has 5 atom stereocenters. The molecule has 5 unspecified atom stereocenters. The second-order valence-corrected chi connectivity index (χ2v) is 31.2. The van der Waals surface area contributed by atoms with Gasteiger partial charge in [0.15, 0.2) is 6.10 Å². The Balaban J connectivity index is 4.60. The molecular formula is C91H154O16P2. The van der Waals surface area contributed by atoms with Crippen molar-refractivity contribution in [1.29, 1.82) is 0 Å². The molecule has 109 heavy (non-hydrogen) atoms. The number of carbonyl (C=O) groups is 3. The van der Waals surface area contributed by atoms with Crippen LogP contribution in [-0.2, 0) is 55.8 Å². The van der Waals surface area contributed by atoms with Gasteiger partial charge in [0, 0.05) is 19.3 Å². The van der Waals surface area contributed by atoms with E-state index in [-0.39, 0.29) is 19.3 Å². The summed E-state index contributed by atoms with van der Waals surface area (Å²) in [5.41, 5.74) is 0. The van der Waals surface area contributed by atoms with Crippen molar-refractivity contribution in [3.8, 4) is 0 Å². The molecule has 0 radical (unpaired) electrons. The van der Waals surface area contributed by atoms with Crippen molar-refractivity contribution < 1.29 is 75.8 Å². The van der Waals surface area contributed by atoms with Crippen molar-refractivity contribution in [2.24, 2.45) is 0 Å². The summed E-state index contributed by atoms with van der Waals surface area (Å²) in [4.78, 5) is 58.8. The second-order valence-electron chi connectivity index (χ2n) is 28.2. The fourth-order valence-electron chi connectivity index (χ4n) is 11.2. The molecule has 0 aromatic rings. The molecule has 0 fully saturated rings. The Bertz CT molecular complexity index is 2610. The summed E-state index contributed by atoms with van der Waals surface area (Å²) in [5.74, 6) is -1.60. The first-order valence-electron chi connectivity index (χ1n) is 42.8. The molecule has 0 rings (SSSR count). The van der Waals surface area contributed by atoms with Gasteiger partial charge in [-0.25, -0.2) is 9.13 Å². The number of aliphatic hydroxyl groups is 2. The van der Waals surface area contributed by atoms with Crippen LogP contribution in [0.4, 0.5) is 0 Å². The lowest BCUT2D eigenvalue weighted by molar-refractivity contribution is -0.161.